The first-order chi connectivity index (χ1) is 12.7. The summed E-state index contributed by atoms with van der Waals surface area (Å²) < 4.78 is 20.6. The van der Waals surface area contributed by atoms with Crippen LogP contribution in [0.1, 0.15) is 38.3 Å². The van der Waals surface area contributed by atoms with Gasteiger partial charge in [-0.15, -0.1) is 10.2 Å². The number of amides is 2. The molecule has 0 aliphatic carbocycles. The summed E-state index contributed by atoms with van der Waals surface area (Å²) in [6, 6.07) is 0.106. The van der Waals surface area contributed by atoms with Gasteiger partial charge in [-0.25, -0.2) is 4.21 Å². The van der Waals surface area contributed by atoms with E-state index in [0.29, 0.717) is 36.0 Å². The molecule has 1 unspecified atom stereocenters. The molecule has 2 amide bonds. The van der Waals surface area contributed by atoms with Gasteiger partial charge in [0.25, 0.3) is 5.91 Å². The van der Waals surface area contributed by atoms with Gasteiger partial charge in [0.15, 0.2) is 0 Å². The molecule has 2 aromatic heterocycles. The highest BCUT2D eigenvalue weighted by Crippen LogP contribution is 2.22. The molecule has 0 saturated heterocycles. The van der Waals surface area contributed by atoms with Gasteiger partial charge < -0.3 is 9.47 Å². The Kier molecular flexibility index (Phi) is 5.13. The predicted octanol–water partition coefficient (Wildman–Crippen LogP) is 0.644. The van der Waals surface area contributed by atoms with Gasteiger partial charge in [-0.05, 0) is 13.8 Å². The lowest BCUT2D eigenvalue weighted by Gasteiger charge is -2.27. The Hall–Kier alpha value is -2.56. The largest absolute Gasteiger partial charge is 0.335 e. The molecule has 27 heavy (non-hydrogen) atoms. The monoisotopic (exact) mass is 393 g/mol. The molecule has 0 fully saturated rings. The van der Waals surface area contributed by atoms with Crippen molar-refractivity contribution in [3.05, 3.63) is 24.0 Å². The molecule has 0 N–H and O–H groups in total. The van der Waals surface area contributed by atoms with Crippen LogP contribution in [0.3, 0.4) is 0 Å². The van der Waals surface area contributed by atoms with Crippen molar-refractivity contribution in [1.29, 1.82) is 0 Å². The molecule has 1 aliphatic heterocycles. The number of carbonyl (C=O) groups is 2. The average molecular weight is 393 g/mol. The minimum atomic E-state index is -3.00. The van der Waals surface area contributed by atoms with Crippen molar-refractivity contribution in [3.8, 4) is 0 Å². The van der Waals surface area contributed by atoms with Crippen LogP contribution in [0.25, 0.3) is 0 Å². The van der Waals surface area contributed by atoms with Gasteiger partial charge in [0.2, 0.25) is 5.91 Å². The molecule has 0 spiro atoms. The van der Waals surface area contributed by atoms with Crippen molar-refractivity contribution in [1.82, 2.24) is 29.4 Å². The number of aromatic nitrogens is 5. The molecule has 2 aromatic rings. The van der Waals surface area contributed by atoms with Gasteiger partial charge in [0.1, 0.15) is 12.2 Å². The fourth-order valence-corrected chi connectivity index (χ4v) is 4.44. The Bertz CT molecular complexity index is 998. The summed E-state index contributed by atoms with van der Waals surface area (Å²) in [7, 11) is -3.00. The Labute approximate surface area is 157 Å². The maximum absolute atomic E-state index is 13.2. The number of fused-ring (bicyclic) bond motifs is 1. The van der Waals surface area contributed by atoms with Crippen molar-refractivity contribution in [2.24, 2.45) is 4.36 Å². The SMILES string of the molecule is CC(=O)N1CCn2ncc(S(C)(=O)=NC(=O)Cc3nncn3C(C)C)c2C1. The number of nitrogens with zero attached hydrogens (tertiary/aromatic N) is 7. The zero-order chi connectivity index (χ0) is 19.8. The molecule has 0 bridgehead atoms. The highest BCUT2D eigenvalue weighted by atomic mass is 32.2. The van der Waals surface area contributed by atoms with E-state index in [-0.39, 0.29) is 18.4 Å². The molecule has 1 atom stereocenters. The topological polar surface area (TPSA) is 115 Å². The average Bonchev–Trinajstić information content (AvgIpc) is 3.20. The zero-order valence-electron chi connectivity index (χ0n) is 15.8. The Balaban J connectivity index is 1.87. The summed E-state index contributed by atoms with van der Waals surface area (Å²) in [5.41, 5.74) is 0.658. The summed E-state index contributed by atoms with van der Waals surface area (Å²) in [5.74, 6) is -0.109. The molecule has 1 aliphatic rings. The van der Waals surface area contributed by atoms with Gasteiger partial charge in [0.05, 0.1) is 46.0 Å². The second-order valence-electron chi connectivity index (χ2n) is 6.83. The van der Waals surface area contributed by atoms with Crippen molar-refractivity contribution in [2.75, 3.05) is 12.8 Å². The van der Waals surface area contributed by atoms with E-state index in [4.69, 9.17) is 0 Å². The standard InChI is InChI=1S/C16H23N7O3S/c1-11(2)22-10-17-19-15(22)7-16(25)20-27(4,26)14-8-18-23-6-5-21(12(3)24)9-13(14)23/h8,10-11H,5-7,9H2,1-4H3. The highest BCUT2D eigenvalue weighted by Gasteiger charge is 2.26. The third-order valence-corrected chi connectivity index (χ3v) is 6.18. The van der Waals surface area contributed by atoms with E-state index in [1.807, 2.05) is 13.8 Å². The van der Waals surface area contributed by atoms with Crippen molar-refractivity contribution in [2.45, 2.75) is 51.2 Å². The second-order valence-corrected chi connectivity index (χ2v) is 9.06. The predicted molar refractivity (Wildman–Crippen MR) is 97.2 cm³/mol. The molecule has 10 nitrogen and oxygen atoms in total. The van der Waals surface area contributed by atoms with Gasteiger partial charge in [0, 0.05) is 25.8 Å². The van der Waals surface area contributed by atoms with Crippen LogP contribution in [0, 0.1) is 0 Å². The van der Waals surface area contributed by atoms with Gasteiger partial charge in [-0.1, -0.05) is 0 Å². The third-order valence-electron chi connectivity index (χ3n) is 4.48. The third kappa shape index (κ3) is 3.92. The van der Waals surface area contributed by atoms with Crippen LogP contribution < -0.4 is 0 Å². The van der Waals surface area contributed by atoms with Crippen molar-refractivity contribution in [3.63, 3.8) is 0 Å². The van der Waals surface area contributed by atoms with E-state index in [2.05, 4.69) is 19.7 Å². The molecule has 3 heterocycles. The van der Waals surface area contributed by atoms with Crippen LogP contribution in [0.15, 0.2) is 21.8 Å². The molecule has 146 valence electrons. The van der Waals surface area contributed by atoms with Crippen molar-refractivity contribution < 1.29 is 13.8 Å². The molecular formula is C16H23N7O3S. The van der Waals surface area contributed by atoms with Gasteiger partial charge >= 0.3 is 0 Å². The Morgan fingerprint density at radius 3 is 2.74 bits per heavy atom. The first kappa shape index (κ1) is 19.2. The highest BCUT2D eigenvalue weighted by molar-refractivity contribution is 7.93. The van der Waals surface area contributed by atoms with Crippen molar-refractivity contribution >= 4 is 21.5 Å². The molecule has 0 aromatic carbocycles. The summed E-state index contributed by atoms with van der Waals surface area (Å²) in [6.45, 7) is 6.79. The number of carbonyl (C=O) groups excluding carboxylic acids is 2. The first-order valence-electron chi connectivity index (χ1n) is 8.62. The van der Waals surface area contributed by atoms with Crippen LogP contribution in [0.4, 0.5) is 0 Å². The normalized spacial score (nSPS) is 16.1. The fourth-order valence-electron chi connectivity index (χ4n) is 3.04. The lowest BCUT2D eigenvalue weighted by Crippen LogP contribution is -2.37. The molecular weight excluding hydrogens is 370 g/mol. The quantitative estimate of drug-likeness (QED) is 0.753. The molecule has 11 heteroatoms. The Morgan fingerprint density at radius 2 is 2.07 bits per heavy atom. The van der Waals surface area contributed by atoms with Crippen LogP contribution in [-0.4, -0.2) is 58.3 Å². The summed E-state index contributed by atoms with van der Waals surface area (Å²) in [5, 5.41) is 12.0. The van der Waals surface area contributed by atoms with E-state index in [1.165, 1.54) is 19.4 Å². The maximum Gasteiger partial charge on any atom is 0.261 e. The smallest absolute Gasteiger partial charge is 0.261 e. The van der Waals surface area contributed by atoms with Crippen LogP contribution in [0.5, 0.6) is 0 Å². The number of hydrogen-bond donors (Lipinski definition) is 0. The summed E-state index contributed by atoms with van der Waals surface area (Å²) in [6.07, 6.45) is 4.38. The lowest BCUT2D eigenvalue weighted by atomic mass is 10.3. The van der Waals surface area contributed by atoms with Crippen LogP contribution in [0.2, 0.25) is 0 Å². The number of rotatable bonds is 4. The summed E-state index contributed by atoms with van der Waals surface area (Å²) >= 11 is 0. The van der Waals surface area contributed by atoms with E-state index >= 15 is 0 Å². The molecule has 0 saturated carbocycles. The first-order valence-corrected chi connectivity index (χ1v) is 10.5. The Morgan fingerprint density at radius 1 is 1.33 bits per heavy atom. The maximum atomic E-state index is 13.2. The van der Waals surface area contributed by atoms with Crippen LogP contribution in [-0.2, 0) is 38.8 Å². The summed E-state index contributed by atoms with van der Waals surface area (Å²) in [4.78, 5) is 26.1. The second kappa shape index (κ2) is 7.22. The molecule has 0 radical (unpaired) electrons. The fraction of sp³-hybridized carbons (Fsp3) is 0.562. The van der Waals surface area contributed by atoms with Crippen LogP contribution >= 0.6 is 0 Å². The lowest BCUT2D eigenvalue weighted by molar-refractivity contribution is -0.130. The zero-order valence-corrected chi connectivity index (χ0v) is 16.6. The van der Waals surface area contributed by atoms with E-state index in [9.17, 15) is 13.8 Å². The molecule has 3 rings (SSSR count). The van der Waals surface area contributed by atoms with E-state index < -0.39 is 15.6 Å². The number of hydrogen-bond acceptors (Lipinski definition) is 6. The minimum absolute atomic E-state index is 0.0583. The van der Waals surface area contributed by atoms with E-state index in [1.54, 1.807) is 20.5 Å². The van der Waals surface area contributed by atoms with Gasteiger partial charge in [-0.2, -0.15) is 9.46 Å². The van der Waals surface area contributed by atoms with Gasteiger partial charge in [-0.3, -0.25) is 14.3 Å². The minimum Gasteiger partial charge on any atom is -0.335 e. The van der Waals surface area contributed by atoms with E-state index in [0.717, 1.165) is 0 Å².